The Balaban J connectivity index is 1.49. The van der Waals surface area contributed by atoms with Crippen molar-refractivity contribution in [1.82, 2.24) is 19.0 Å². The van der Waals surface area contributed by atoms with E-state index in [1.54, 1.807) is 30.3 Å². The number of carbonyl (C=O) groups excluding carboxylic acids is 1. The molecule has 0 spiro atoms. The van der Waals surface area contributed by atoms with E-state index in [9.17, 15) is 14.4 Å². The predicted molar refractivity (Wildman–Crippen MR) is 133 cm³/mol. The number of amides is 1. The molecule has 1 saturated heterocycles. The molecule has 0 unspecified atom stereocenters. The average molecular weight is 474 g/mol. The van der Waals surface area contributed by atoms with Crippen LogP contribution < -0.4 is 16.1 Å². The quantitative estimate of drug-likeness (QED) is 0.441. The summed E-state index contributed by atoms with van der Waals surface area (Å²) in [4.78, 5) is 47.7. The number of rotatable bonds is 5. The number of nitrogens with zero attached hydrogens (tertiary/aromatic N) is 5. The predicted octanol–water partition coefficient (Wildman–Crippen LogP) is 2.20. The van der Waals surface area contributed by atoms with Gasteiger partial charge in [0.15, 0.2) is 11.4 Å². The van der Waals surface area contributed by atoms with Crippen molar-refractivity contribution < 1.29 is 9.21 Å². The minimum absolute atomic E-state index is 0.142. The number of hydrogen-bond acceptors (Lipinski definition) is 6. The summed E-state index contributed by atoms with van der Waals surface area (Å²) in [5.41, 5.74) is 2.34. The molecule has 0 saturated carbocycles. The summed E-state index contributed by atoms with van der Waals surface area (Å²) in [7, 11) is 1.65. The van der Waals surface area contributed by atoms with Crippen LogP contribution in [-0.2, 0) is 20.0 Å². The van der Waals surface area contributed by atoms with Gasteiger partial charge in [0.05, 0.1) is 12.0 Å². The van der Waals surface area contributed by atoms with Gasteiger partial charge in [-0.3, -0.25) is 18.7 Å². The molecule has 4 aromatic rings. The molecule has 3 aromatic heterocycles. The van der Waals surface area contributed by atoms with Crippen molar-refractivity contribution in [3.63, 3.8) is 0 Å². The van der Waals surface area contributed by atoms with Crippen LogP contribution >= 0.6 is 0 Å². The molecule has 5 rings (SSSR count). The first-order valence-corrected chi connectivity index (χ1v) is 11.7. The lowest BCUT2D eigenvalue weighted by atomic mass is 10.1. The van der Waals surface area contributed by atoms with Gasteiger partial charge in [0.1, 0.15) is 5.39 Å². The highest BCUT2D eigenvalue weighted by Crippen LogP contribution is 2.27. The highest BCUT2D eigenvalue weighted by molar-refractivity contribution is 5.92. The monoisotopic (exact) mass is 473 g/mol. The first kappa shape index (κ1) is 22.6. The number of aromatic nitrogens is 3. The number of aryl methyl sites for hydroxylation is 3. The summed E-state index contributed by atoms with van der Waals surface area (Å²) in [5, 5.41) is 0.436. The standard InChI is InChI=1S/C26H27N5O4/c1-18-17-27-23-21(22(18)29-12-14-30(15-13-29)24(32)20-9-6-16-35-20)25(33)31(26(34)28(23)2)11-10-19-7-4-3-5-8-19/h3-9,16-17H,10-15H2,1-2H3. The third-order valence-corrected chi connectivity index (χ3v) is 6.59. The second kappa shape index (κ2) is 9.25. The van der Waals surface area contributed by atoms with E-state index in [4.69, 9.17) is 4.42 Å². The normalized spacial score (nSPS) is 14.0. The zero-order valence-electron chi connectivity index (χ0n) is 19.8. The van der Waals surface area contributed by atoms with Crippen molar-refractivity contribution in [2.45, 2.75) is 19.9 Å². The van der Waals surface area contributed by atoms with Crippen LogP contribution in [0.1, 0.15) is 21.7 Å². The summed E-state index contributed by atoms with van der Waals surface area (Å²) in [6.45, 7) is 4.30. The Labute approximate surface area is 201 Å². The number of piperazine rings is 1. The van der Waals surface area contributed by atoms with E-state index in [1.165, 1.54) is 15.4 Å². The molecule has 180 valence electrons. The van der Waals surface area contributed by atoms with Crippen molar-refractivity contribution in [1.29, 1.82) is 0 Å². The van der Waals surface area contributed by atoms with Gasteiger partial charge in [-0.05, 0) is 36.6 Å². The fourth-order valence-electron chi connectivity index (χ4n) is 4.71. The molecule has 0 radical (unpaired) electrons. The van der Waals surface area contributed by atoms with Crippen molar-refractivity contribution in [2.24, 2.45) is 7.05 Å². The minimum atomic E-state index is -0.380. The topological polar surface area (TPSA) is 93.6 Å². The van der Waals surface area contributed by atoms with E-state index in [0.29, 0.717) is 49.4 Å². The van der Waals surface area contributed by atoms with Crippen LogP contribution in [0.2, 0.25) is 0 Å². The summed E-state index contributed by atoms with van der Waals surface area (Å²) in [5.74, 6) is 0.178. The van der Waals surface area contributed by atoms with Crippen LogP contribution in [0.3, 0.4) is 0 Å². The summed E-state index contributed by atoms with van der Waals surface area (Å²) in [6.07, 6.45) is 3.76. The summed E-state index contributed by atoms with van der Waals surface area (Å²) < 4.78 is 8.00. The second-order valence-corrected chi connectivity index (χ2v) is 8.78. The van der Waals surface area contributed by atoms with Crippen LogP contribution in [-0.4, -0.2) is 51.1 Å². The maximum Gasteiger partial charge on any atom is 0.332 e. The Kier molecular flexibility index (Phi) is 5.98. The number of pyridine rings is 1. The minimum Gasteiger partial charge on any atom is -0.459 e. The summed E-state index contributed by atoms with van der Waals surface area (Å²) in [6, 6.07) is 13.1. The highest BCUT2D eigenvalue weighted by Gasteiger charge is 2.27. The SMILES string of the molecule is Cc1cnc2c(c1N1CCN(C(=O)c3ccco3)CC1)c(=O)n(CCc1ccccc1)c(=O)n2C. The van der Waals surface area contributed by atoms with Crippen LogP contribution in [0, 0.1) is 6.92 Å². The lowest BCUT2D eigenvalue weighted by Crippen LogP contribution is -2.49. The lowest BCUT2D eigenvalue weighted by Gasteiger charge is -2.36. The fourth-order valence-corrected chi connectivity index (χ4v) is 4.71. The van der Waals surface area contributed by atoms with Gasteiger partial charge >= 0.3 is 5.69 Å². The van der Waals surface area contributed by atoms with E-state index in [-0.39, 0.29) is 23.7 Å². The molecular weight excluding hydrogens is 446 g/mol. The van der Waals surface area contributed by atoms with Gasteiger partial charge in [-0.25, -0.2) is 9.78 Å². The molecule has 1 aromatic carbocycles. The molecule has 0 bridgehead atoms. The number of benzene rings is 1. The third kappa shape index (κ3) is 4.14. The third-order valence-electron chi connectivity index (χ3n) is 6.59. The Morgan fingerprint density at radius 2 is 1.77 bits per heavy atom. The maximum absolute atomic E-state index is 13.7. The second-order valence-electron chi connectivity index (χ2n) is 8.78. The van der Waals surface area contributed by atoms with Crippen molar-refractivity contribution in [3.8, 4) is 0 Å². The van der Waals surface area contributed by atoms with E-state index >= 15 is 0 Å². The van der Waals surface area contributed by atoms with E-state index in [1.807, 2.05) is 37.3 Å². The largest absolute Gasteiger partial charge is 0.459 e. The van der Waals surface area contributed by atoms with Gasteiger partial charge < -0.3 is 14.2 Å². The van der Waals surface area contributed by atoms with Gasteiger partial charge in [-0.15, -0.1) is 0 Å². The fraction of sp³-hybridized carbons (Fsp3) is 0.308. The van der Waals surface area contributed by atoms with Crippen LogP contribution in [0.25, 0.3) is 11.0 Å². The average Bonchev–Trinajstić information content (AvgIpc) is 3.43. The number of anilines is 1. The van der Waals surface area contributed by atoms with E-state index in [0.717, 1.165) is 16.8 Å². The van der Waals surface area contributed by atoms with Crippen LogP contribution in [0.5, 0.6) is 0 Å². The Morgan fingerprint density at radius 3 is 2.46 bits per heavy atom. The Morgan fingerprint density at radius 1 is 1.03 bits per heavy atom. The van der Waals surface area contributed by atoms with Gasteiger partial charge in [0, 0.05) is 46.0 Å². The molecule has 1 fully saturated rings. The molecule has 1 aliphatic heterocycles. The van der Waals surface area contributed by atoms with Crippen molar-refractivity contribution in [3.05, 3.63) is 92.6 Å². The molecule has 1 amide bonds. The molecule has 0 aliphatic carbocycles. The highest BCUT2D eigenvalue weighted by atomic mass is 16.3. The number of fused-ring (bicyclic) bond motifs is 1. The molecule has 35 heavy (non-hydrogen) atoms. The van der Waals surface area contributed by atoms with Gasteiger partial charge in [0.25, 0.3) is 11.5 Å². The van der Waals surface area contributed by atoms with Crippen LogP contribution in [0.4, 0.5) is 5.69 Å². The number of hydrogen-bond donors (Lipinski definition) is 0. The van der Waals surface area contributed by atoms with Crippen LogP contribution in [0.15, 0.2) is 68.9 Å². The van der Waals surface area contributed by atoms with Gasteiger partial charge in [-0.1, -0.05) is 30.3 Å². The van der Waals surface area contributed by atoms with Gasteiger partial charge in [-0.2, -0.15) is 0 Å². The zero-order valence-corrected chi connectivity index (χ0v) is 19.8. The molecular formula is C26H27N5O4. The zero-order chi connectivity index (χ0) is 24.5. The molecule has 9 nitrogen and oxygen atoms in total. The van der Waals surface area contributed by atoms with Gasteiger partial charge in [0.2, 0.25) is 0 Å². The Bertz CT molecular complexity index is 1480. The van der Waals surface area contributed by atoms with Crippen molar-refractivity contribution >= 4 is 22.6 Å². The Hall–Kier alpha value is -4.14. The maximum atomic E-state index is 13.7. The molecule has 9 heteroatoms. The number of carbonyl (C=O) groups is 1. The molecule has 1 aliphatic rings. The van der Waals surface area contributed by atoms with E-state index in [2.05, 4.69) is 9.88 Å². The smallest absolute Gasteiger partial charge is 0.332 e. The lowest BCUT2D eigenvalue weighted by molar-refractivity contribution is 0.0715. The van der Waals surface area contributed by atoms with E-state index < -0.39 is 0 Å². The molecule has 4 heterocycles. The molecule has 0 atom stereocenters. The first-order valence-electron chi connectivity index (χ1n) is 11.7. The summed E-state index contributed by atoms with van der Waals surface area (Å²) >= 11 is 0. The first-order chi connectivity index (χ1) is 17.0. The van der Waals surface area contributed by atoms with Crippen molar-refractivity contribution in [2.75, 3.05) is 31.1 Å². The molecule has 0 N–H and O–H groups in total. The number of furan rings is 1.